The highest BCUT2D eigenvalue weighted by atomic mass is 79.9. The van der Waals surface area contributed by atoms with Crippen LogP contribution < -0.4 is 10.2 Å². The fourth-order valence-corrected chi connectivity index (χ4v) is 5.07. The molecule has 0 radical (unpaired) electrons. The number of amides is 2. The molecule has 0 saturated carbocycles. The van der Waals surface area contributed by atoms with Gasteiger partial charge in [0, 0.05) is 20.9 Å². The minimum absolute atomic E-state index is 0.202. The summed E-state index contributed by atoms with van der Waals surface area (Å²) in [6.07, 6.45) is 0.370. The molecule has 1 fully saturated rings. The van der Waals surface area contributed by atoms with Gasteiger partial charge in [-0.05, 0) is 72.6 Å². The van der Waals surface area contributed by atoms with Gasteiger partial charge in [0.05, 0.1) is 5.25 Å². The predicted octanol–water partition coefficient (Wildman–Crippen LogP) is 6.31. The first-order chi connectivity index (χ1) is 16.4. The van der Waals surface area contributed by atoms with Gasteiger partial charge in [-0.25, -0.2) is 4.39 Å². The molecule has 0 bridgehead atoms. The third kappa shape index (κ3) is 5.33. The Labute approximate surface area is 213 Å². The summed E-state index contributed by atoms with van der Waals surface area (Å²) in [6.45, 7) is 0. The summed E-state index contributed by atoms with van der Waals surface area (Å²) < 4.78 is 14.4. The lowest BCUT2D eigenvalue weighted by Gasteiger charge is -2.18. The molecular weight excluding hydrogens is 541 g/mol. The van der Waals surface area contributed by atoms with Gasteiger partial charge in [-0.2, -0.15) is 5.26 Å². The van der Waals surface area contributed by atoms with Gasteiger partial charge in [0.15, 0.2) is 0 Å². The van der Waals surface area contributed by atoms with Crippen molar-refractivity contribution in [3.05, 3.63) is 104 Å². The largest absolute Gasteiger partial charge is 0.321 e. The van der Waals surface area contributed by atoms with Gasteiger partial charge in [-0.1, -0.05) is 51.4 Å². The zero-order chi connectivity index (χ0) is 24.2. The average Bonchev–Trinajstić information content (AvgIpc) is 3.13. The molecule has 1 aliphatic heterocycles. The monoisotopic (exact) mass is 555 g/mol. The minimum atomic E-state index is -0.639. The fourth-order valence-electron chi connectivity index (χ4n) is 3.37. The normalized spacial score (nSPS) is 16.8. The van der Waals surface area contributed by atoms with E-state index >= 15 is 0 Å². The molecule has 1 N–H and O–H groups in total. The van der Waals surface area contributed by atoms with Crippen LogP contribution in [0.3, 0.4) is 0 Å². The van der Waals surface area contributed by atoms with Crippen LogP contribution in [0.4, 0.5) is 15.8 Å². The molecule has 170 valence electrons. The van der Waals surface area contributed by atoms with E-state index < -0.39 is 17.0 Å². The van der Waals surface area contributed by atoms with Crippen molar-refractivity contribution in [3.8, 4) is 6.07 Å². The number of hydrogen-bond donors (Lipinski definition) is 1. The number of nitriles is 1. The summed E-state index contributed by atoms with van der Waals surface area (Å²) in [4.78, 5) is 27.8. The first kappa shape index (κ1) is 24.0. The molecule has 0 unspecified atom stereocenters. The smallest absolute Gasteiger partial charge is 0.269 e. The SMILES string of the molecule is N#C/C(C(=O)Nc1ccc(Br)cc1)=C1/S[C@H](Cc2ccc(Cl)cc2)C(=O)N1c1ccc(F)cc1. The number of nitrogens with one attached hydrogen (secondary N) is 1. The molecule has 3 aromatic carbocycles. The van der Waals surface area contributed by atoms with Crippen LogP contribution >= 0.6 is 39.3 Å². The van der Waals surface area contributed by atoms with Crippen LogP contribution in [-0.4, -0.2) is 17.1 Å². The molecule has 5 nitrogen and oxygen atoms in total. The lowest BCUT2D eigenvalue weighted by Crippen LogP contribution is -2.30. The number of benzene rings is 3. The third-order valence-electron chi connectivity index (χ3n) is 5.03. The van der Waals surface area contributed by atoms with Crippen molar-refractivity contribution in [2.45, 2.75) is 11.7 Å². The van der Waals surface area contributed by atoms with E-state index in [4.69, 9.17) is 11.6 Å². The van der Waals surface area contributed by atoms with Crippen molar-refractivity contribution in [3.63, 3.8) is 0 Å². The number of carbonyl (C=O) groups is 2. The van der Waals surface area contributed by atoms with Crippen LogP contribution in [0.25, 0.3) is 0 Å². The zero-order valence-corrected chi connectivity index (χ0v) is 20.6. The van der Waals surface area contributed by atoms with Gasteiger partial charge in [0.2, 0.25) is 5.91 Å². The Hall–Kier alpha value is -3.12. The van der Waals surface area contributed by atoms with Gasteiger partial charge < -0.3 is 5.32 Å². The van der Waals surface area contributed by atoms with Gasteiger partial charge in [0.1, 0.15) is 22.5 Å². The highest BCUT2D eigenvalue weighted by molar-refractivity contribution is 9.10. The number of carbonyl (C=O) groups excluding carboxylic acids is 2. The molecule has 1 saturated heterocycles. The van der Waals surface area contributed by atoms with Crippen molar-refractivity contribution in [1.82, 2.24) is 0 Å². The summed E-state index contributed by atoms with van der Waals surface area (Å²) in [6, 6.07) is 21.3. The van der Waals surface area contributed by atoms with Crippen molar-refractivity contribution < 1.29 is 14.0 Å². The first-order valence-corrected chi connectivity index (χ1v) is 12.1. The second kappa shape index (κ2) is 10.4. The van der Waals surface area contributed by atoms with Crippen LogP contribution in [0.1, 0.15) is 5.56 Å². The maximum atomic E-state index is 13.5. The van der Waals surface area contributed by atoms with Crippen LogP contribution in [0.5, 0.6) is 0 Å². The molecule has 0 aliphatic carbocycles. The number of hydrogen-bond acceptors (Lipinski definition) is 4. The quantitative estimate of drug-likeness (QED) is 0.295. The number of rotatable bonds is 5. The summed E-state index contributed by atoms with van der Waals surface area (Å²) in [5.41, 5.74) is 1.55. The Morgan fingerprint density at radius 3 is 2.35 bits per heavy atom. The highest BCUT2D eigenvalue weighted by Gasteiger charge is 2.40. The van der Waals surface area contributed by atoms with Gasteiger partial charge in [0.25, 0.3) is 5.91 Å². The van der Waals surface area contributed by atoms with Crippen molar-refractivity contribution in [2.24, 2.45) is 0 Å². The molecule has 4 rings (SSSR count). The molecule has 3 aromatic rings. The van der Waals surface area contributed by atoms with E-state index in [1.807, 2.05) is 18.2 Å². The number of thioether (sulfide) groups is 1. The van der Waals surface area contributed by atoms with Crippen molar-refractivity contribution in [2.75, 3.05) is 10.2 Å². The van der Waals surface area contributed by atoms with E-state index in [2.05, 4.69) is 21.2 Å². The van der Waals surface area contributed by atoms with Crippen LogP contribution in [0.15, 0.2) is 87.9 Å². The zero-order valence-electron chi connectivity index (χ0n) is 17.5. The topological polar surface area (TPSA) is 73.2 Å². The van der Waals surface area contributed by atoms with E-state index in [1.165, 1.54) is 29.2 Å². The maximum Gasteiger partial charge on any atom is 0.269 e. The Morgan fingerprint density at radius 2 is 1.74 bits per heavy atom. The Bertz CT molecular complexity index is 1310. The molecule has 1 aliphatic rings. The van der Waals surface area contributed by atoms with Gasteiger partial charge in [-0.15, -0.1) is 0 Å². The molecule has 0 aromatic heterocycles. The summed E-state index contributed by atoms with van der Waals surface area (Å²) in [7, 11) is 0. The number of halogens is 3. The van der Waals surface area contributed by atoms with Crippen molar-refractivity contribution >= 4 is 62.5 Å². The standard InChI is InChI=1S/C25H16BrClFN3O2S/c26-16-3-9-19(10-4-16)30-23(32)21(14-29)25-31(20-11-7-18(28)8-12-20)24(33)22(34-25)13-15-1-5-17(27)6-2-15/h1-12,22H,13H2,(H,30,32)/b25-21-/t22-/m1/s1. The second-order valence-electron chi connectivity index (χ2n) is 7.34. The molecule has 9 heteroatoms. The molecule has 1 heterocycles. The van der Waals surface area contributed by atoms with Crippen LogP contribution in [0.2, 0.25) is 5.02 Å². The van der Waals surface area contributed by atoms with E-state index in [0.29, 0.717) is 22.8 Å². The second-order valence-corrected chi connectivity index (χ2v) is 9.88. The van der Waals surface area contributed by atoms with Gasteiger partial charge >= 0.3 is 0 Å². The highest BCUT2D eigenvalue weighted by Crippen LogP contribution is 2.42. The Kier molecular flexibility index (Phi) is 7.37. The average molecular weight is 557 g/mol. The number of nitrogens with zero attached hydrogens (tertiary/aromatic N) is 2. The molecule has 2 amide bonds. The van der Waals surface area contributed by atoms with E-state index in [0.717, 1.165) is 21.8 Å². The minimum Gasteiger partial charge on any atom is -0.321 e. The van der Waals surface area contributed by atoms with Crippen LogP contribution in [-0.2, 0) is 16.0 Å². The van der Waals surface area contributed by atoms with Crippen LogP contribution in [0, 0.1) is 17.1 Å². The van der Waals surface area contributed by atoms with E-state index in [1.54, 1.807) is 36.4 Å². The lowest BCUT2D eigenvalue weighted by atomic mass is 10.1. The lowest BCUT2D eigenvalue weighted by molar-refractivity contribution is -0.117. The maximum absolute atomic E-state index is 13.5. The fraction of sp³-hybridized carbons (Fsp3) is 0.0800. The van der Waals surface area contributed by atoms with E-state index in [-0.39, 0.29) is 16.5 Å². The summed E-state index contributed by atoms with van der Waals surface area (Å²) in [5, 5.41) is 12.8. The molecule has 34 heavy (non-hydrogen) atoms. The number of anilines is 2. The molecular formula is C25H16BrClFN3O2S. The summed E-state index contributed by atoms with van der Waals surface area (Å²) in [5.74, 6) is -1.40. The van der Waals surface area contributed by atoms with Gasteiger partial charge in [-0.3, -0.25) is 14.5 Å². The van der Waals surface area contributed by atoms with E-state index in [9.17, 15) is 19.2 Å². The summed E-state index contributed by atoms with van der Waals surface area (Å²) >= 11 is 10.4. The molecule has 0 spiro atoms. The van der Waals surface area contributed by atoms with Crippen molar-refractivity contribution in [1.29, 1.82) is 5.26 Å². The Balaban J connectivity index is 1.71. The third-order valence-corrected chi connectivity index (χ3v) is 7.07. The molecule has 1 atom stereocenters. The first-order valence-electron chi connectivity index (χ1n) is 10.1. The predicted molar refractivity (Wildman–Crippen MR) is 136 cm³/mol. The Morgan fingerprint density at radius 1 is 1.09 bits per heavy atom.